The number of thiazole rings is 1. The Morgan fingerprint density at radius 1 is 1.29 bits per heavy atom. The number of hydrogen-bond acceptors (Lipinski definition) is 4. The van der Waals surface area contributed by atoms with E-state index in [1.807, 2.05) is 42.7 Å². The van der Waals surface area contributed by atoms with E-state index in [1.54, 1.807) is 0 Å². The zero-order valence-electron chi connectivity index (χ0n) is 15.0. The topological polar surface area (TPSA) is 77.5 Å². The molecule has 9 heteroatoms. The molecule has 0 fully saturated rings. The minimum Gasteiger partial charge on any atom is -0.316 e. The van der Waals surface area contributed by atoms with Crippen LogP contribution >= 0.6 is 38.9 Å². The molecule has 1 amide bonds. The summed E-state index contributed by atoms with van der Waals surface area (Å²) >= 11 is 10.7. The van der Waals surface area contributed by atoms with Crippen LogP contribution in [0.1, 0.15) is 22.2 Å². The Morgan fingerprint density at radius 3 is 2.57 bits per heavy atom. The van der Waals surface area contributed by atoms with Crippen molar-refractivity contribution in [2.24, 2.45) is 4.99 Å². The predicted molar refractivity (Wildman–Crippen MR) is 114 cm³/mol. The van der Waals surface area contributed by atoms with Crippen LogP contribution in [0.4, 0.5) is 5.69 Å². The number of nitrogens with zero attached hydrogens (tertiary/aromatic N) is 3. The number of amides is 1. The summed E-state index contributed by atoms with van der Waals surface area (Å²) in [7, 11) is 0. The number of rotatable bonds is 4. The third-order valence-electron chi connectivity index (χ3n) is 4.10. The Hall–Kier alpha value is -2.29. The van der Waals surface area contributed by atoms with E-state index in [9.17, 15) is 14.9 Å². The van der Waals surface area contributed by atoms with Gasteiger partial charge in [-0.05, 0) is 43.7 Å². The first-order chi connectivity index (χ1) is 13.3. The lowest BCUT2D eigenvalue weighted by Crippen LogP contribution is -2.17. The molecule has 3 aromatic rings. The van der Waals surface area contributed by atoms with E-state index in [2.05, 4.69) is 20.9 Å². The van der Waals surface area contributed by atoms with E-state index < -0.39 is 10.8 Å². The average Bonchev–Trinajstić information content (AvgIpc) is 2.97. The Kier molecular flexibility index (Phi) is 6.12. The molecule has 0 atom stereocenters. The lowest BCUT2D eigenvalue weighted by Gasteiger charge is -2.07. The number of nitro groups is 1. The monoisotopic (exact) mass is 479 g/mol. The summed E-state index contributed by atoms with van der Waals surface area (Å²) in [5.74, 6) is -0.550. The molecule has 0 aliphatic carbocycles. The maximum absolute atomic E-state index is 12.6. The molecule has 0 spiro atoms. The highest BCUT2D eigenvalue weighted by atomic mass is 79.9. The number of benzene rings is 2. The van der Waals surface area contributed by atoms with Gasteiger partial charge in [0, 0.05) is 27.5 Å². The zero-order chi connectivity index (χ0) is 20.4. The van der Waals surface area contributed by atoms with Crippen LogP contribution in [-0.4, -0.2) is 15.4 Å². The van der Waals surface area contributed by atoms with Gasteiger partial charge in [0.15, 0.2) is 4.80 Å². The normalized spacial score (nSPS) is 11.6. The number of hydrogen-bond donors (Lipinski definition) is 0. The number of carbonyl (C=O) groups is 1. The van der Waals surface area contributed by atoms with Gasteiger partial charge < -0.3 is 4.57 Å². The minimum atomic E-state index is -0.619. The Balaban J connectivity index is 2.09. The van der Waals surface area contributed by atoms with Crippen molar-refractivity contribution in [3.05, 3.63) is 77.3 Å². The quantitative estimate of drug-likeness (QED) is 0.360. The minimum absolute atomic E-state index is 0.0188. The number of carbonyl (C=O) groups excluding carboxylic acids is 1. The number of halogens is 2. The summed E-state index contributed by atoms with van der Waals surface area (Å²) < 4.78 is 2.95. The van der Waals surface area contributed by atoms with E-state index >= 15 is 0 Å². The third-order valence-corrected chi connectivity index (χ3v) is 5.94. The van der Waals surface area contributed by atoms with Gasteiger partial charge in [-0.25, -0.2) is 0 Å². The van der Waals surface area contributed by atoms with Crippen LogP contribution < -0.4 is 4.80 Å². The van der Waals surface area contributed by atoms with Gasteiger partial charge in [-0.3, -0.25) is 14.9 Å². The highest BCUT2D eigenvalue weighted by Crippen LogP contribution is 2.27. The van der Waals surface area contributed by atoms with Crippen LogP contribution in [0.15, 0.2) is 51.9 Å². The van der Waals surface area contributed by atoms with Gasteiger partial charge in [0.1, 0.15) is 5.02 Å². The maximum Gasteiger partial charge on any atom is 0.288 e. The van der Waals surface area contributed by atoms with Crippen molar-refractivity contribution in [1.29, 1.82) is 0 Å². The fourth-order valence-electron chi connectivity index (χ4n) is 2.81. The van der Waals surface area contributed by atoms with Gasteiger partial charge >= 0.3 is 0 Å². The van der Waals surface area contributed by atoms with Crippen molar-refractivity contribution in [2.45, 2.75) is 20.4 Å². The highest BCUT2D eigenvalue weighted by molar-refractivity contribution is 9.10. The lowest BCUT2D eigenvalue weighted by atomic mass is 10.1. The van der Waals surface area contributed by atoms with Crippen molar-refractivity contribution < 1.29 is 9.72 Å². The van der Waals surface area contributed by atoms with Crippen molar-refractivity contribution in [1.82, 2.24) is 4.57 Å². The second-order valence-corrected chi connectivity index (χ2v) is 8.39. The molecule has 1 heterocycles. The van der Waals surface area contributed by atoms with E-state index in [4.69, 9.17) is 11.6 Å². The number of aromatic nitrogens is 1. The first kappa shape index (κ1) is 20.4. The summed E-state index contributed by atoms with van der Waals surface area (Å²) in [5.41, 5.74) is 1.82. The smallest absolute Gasteiger partial charge is 0.288 e. The molecule has 0 saturated heterocycles. The molecule has 0 aliphatic heterocycles. The molecule has 0 N–H and O–H groups in total. The van der Waals surface area contributed by atoms with Gasteiger partial charge in [-0.1, -0.05) is 39.7 Å². The average molecular weight is 481 g/mol. The van der Waals surface area contributed by atoms with Crippen LogP contribution in [-0.2, 0) is 6.54 Å². The molecule has 0 unspecified atom stereocenters. The summed E-state index contributed by atoms with van der Waals surface area (Å²) in [6.07, 6.45) is 0. The van der Waals surface area contributed by atoms with E-state index in [0.717, 1.165) is 26.7 Å². The van der Waals surface area contributed by atoms with Crippen LogP contribution in [0.25, 0.3) is 11.3 Å². The molecule has 2 aromatic carbocycles. The molecule has 3 rings (SSSR count). The highest BCUT2D eigenvalue weighted by Gasteiger charge is 2.17. The van der Waals surface area contributed by atoms with Crippen LogP contribution in [0.2, 0.25) is 5.02 Å². The largest absolute Gasteiger partial charge is 0.316 e. The summed E-state index contributed by atoms with van der Waals surface area (Å²) in [6, 6.07) is 11.8. The second kappa shape index (κ2) is 8.38. The van der Waals surface area contributed by atoms with E-state index in [-0.39, 0.29) is 16.3 Å². The SMILES string of the molecule is CCn1c(-c2ccc(Br)cc2)c(C)sc1=NC(=O)c1ccc(Cl)c([N+](=O)[O-])c1. The van der Waals surface area contributed by atoms with Gasteiger partial charge in [-0.15, -0.1) is 11.3 Å². The van der Waals surface area contributed by atoms with Gasteiger partial charge in [0.05, 0.1) is 10.6 Å². The van der Waals surface area contributed by atoms with Gasteiger partial charge in [-0.2, -0.15) is 4.99 Å². The first-order valence-corrected chi connectivity index (χ1v) is 10.3. The summed E-state index contributed by atoms with van der Waals surface area (Å²) in [5, 5.41) is 11.0. The fraction of sp³-hybridized carbons (Fsp3) is 0.158. The van der Waals surface area contributed by atoms with Crippen molar-refractivity contribution in [3.63, 3.8) is 0 Å². The molecule has 6 nitrogen and oxygen atoms in total. The van der Waals surface area contributed by atoms with Crippen LogP contribution in [0.5, 0.6) is 0 Å². The van der Waals surface area contributed by atoms with Crippen molar-refractivity contribution in [3.8, 4) is 11.3 Å². The molecular formula is C19H15BrClN3O3S. The molecule has 0 bridgehead atoms. The Bertz CT molecular complexity index is 1140. The number of aryl methyl sites for hydroxylation is 1. The molecule has 144 valence electrons. The first-order valence-electron chi connectivity index (χ1n) is 8.31. The van der Waals surface area contributed by atoms with Crippen LogP contribution in [0.3, 0.4) is 0 Å². The molecule has 28 heavy (non-hydrogen) atoms. The molecule has 0 saturated carbocycles. The number of nitro benzene ring substituents is 1. The fourth-order valence-corrected chi connectivity index (χ4v) is 4.32. The zero-order valence-corrected chi connectivity index (χ0v) is 18.1. The molecule has 0 radical (unpaired) electrons. The standard InChI is InChI=1S/C19H15BrClN3O3S/c1-3-23-17(12-4-7-14(20)8-5-12)11(2)28-19(23)22-18(25)13-6-9-15(21)16(10-13)24(26)27/h4-10H,3H2,1-2H3. The predicted octanol–water partition coefficient (Wildman–Crippen LogP) is 5.61. The summed E-state index contributed by atoms with van der Waals surface area (Å²) in [4.78, 5) is 28.9. The Labute approximate surface area is 178 Å². The van der Waals surface area contributed by atoms with E-state index in [0.29, 0.717) is 11.3 Å². The van der Waals surface area contributed by atoms with Crippen LogP contribution in [0, 0.1) is 17.0 Å². The lowest BCUT2D eigenvalue weighted by molar-refractivity contribution is -0.384. The molecule has 1 aromatic heterocycles. The second-order valence-electron chi connectivity index (χ2n) is 5.88. The molecule has 0 aliphatic rings. The van der Waals surface area contributed by atoms with Crippen molar-refractivity contribution in [2.75, 3.05) is 0 Å². The van der Waals surface area contributed by atoms with Gasteiger partial charge in [0.25, 0.3) is 11.6 Å². The maximum atomic E-state index is 12.6. The molecular weight excluding hydrogens is 466 g/mol. The summed E-state index contributed by atoms with van der Waals surface area (Å²) in [6.45, 7) is 4.58. The van der Waals surface area contributed by atoms with Gasteiger partial charge in [0.2, 0.25) is 0 Å². The van der Waals surface area contributed by atoms with E-state index in [1.165, 1.54) is 23.5 Å². The van der Waals surface area contributed by atoms with Crippen molar-refractivity contribution >= 4 is 50.5 Å². The Morgan fingerprint density at radius 2 is 1.96 bits per heavy atom. The third kappa shape index (κ3) is 4.09.